The van der Waals surface area contributed by atoms with Crippen molar-refractivity contribution in [3.05, 3.63) is 48.0 Å². The molecule has 7 heteroatoms. The van der Waals surface area contributed by atoms with Crippen LogP contribution in [-0.2, 0) is 9.59 Å². The molecule has 2 aromatic rings. The van der Waals surface area contributed by atoms with E-state index < -0.39 is 6.04 Å². The Morgan fingerprint density at radius 3 is 2.20 bits per heavy atom. The van der Waals surface area contributed by atoms with E-state index >= 15 is 0 Å². The molecule has 35 heavy (non-hydrogen) atoms. The molecule has 1 aliphatic heterocycles. The minimum atomic E-state index is -0.466. The Morgan fingerprint density at radius 2 is 1.57 bits per heavy atom. The van der Waals surface area contributed by atoms with Crippen molar-refractivity contribution in [3.8, 4) is 17.2 Å². The smallest absolute Gasteiger partial charge is 0.227 e. The quantitative estimate of drug-likeness (QED) is 0.611. The maximum atomic E-state index is 13.7. The summed E-state index contributed by atoms with van der Waals surface area (Å²) in [5.41, 5.74) is 1.57. The molecule has 0 radical (unpaired) electrons. The van der Waals surface area contributed by atoms with Crippen molar-refractivity contribution in [2.45, 2.75) is 57.5 Å². The molecule has 2 fully saturated rings. The van der Waals surface area contributed by atoms with Crippen molar-refractivity contribution in [3.63, 3.8) is 0 Å². The average molecular weight is 481 g/mol. The van der Waals surface area contributed by atoms with E-state index in [-0.39, 0.29) is 23.8 Å². The third kappa shape index (κ3) is 5.39. The Morgan fingerprint density at radius 1 is 0.886 bits per heavy atom. The lowest BCUT2D eigenvalue weighted by molar-refractivity contribution is -0.130. The lowest BCUT2D eigenvalue weighted by Crippen LogP contribution is -2.50. The molecule has 4 rings (SSSR count). The van der Waals surface area contributed by atoms with Crippen molar-refractivity contribution in [2.75, 3.05) is 26.2 Å². The van der Waals surface area contributed by atoms with Gasteiger partial charge in [-0.05, 0) is 80.0 Å². The van der Waals surface area contributed by atoms with Crippen molar-refractivity contribution < 1.29 is 23.8 Å². The normalized spacial score (nSPS) is 24.6. The Bertz CT molecular complexity index is 1030. The SMILES string of the molecule is COc1ccc(N2C(=O)CC[C@H](C(=O)NC3CCC(C)CC3)[C@H]2c2ccc(OC)c(OC)c2)cc1. The summed E-state index contributed by atoms with van der Waals surface area (Å²) in [5, 5.41) is 3.31. The third-order valence-corrected chi connectivity index (χ3v) is 7.40. The standard InChI is InChI=1S/C28H36N2O5/c1-18-5-8-20(9-6-18)29-28(32)23-14-16-26(31)30(21-10-12-22(33-2)13-11-21)27(23)19-7-15-24(34-3)25(17-19)35-4/h7,10-13,15,17-18,20,23,27H,5-6,8-9,14,16H2,1-4H3,(H,29,32)/t18?,20?,23-,27+/m0/s1. The lowest BCUT2D eigenvalue weighted by atomic mass is 9.82. The molecule has 188 valence electrons. The highest BCUT2D eigenvalue weighted by atomic mass is 16.5. The van der Waals surface area contributed by atoms with Gasteiger partial charge >= 0.3 is 0 Å². The summed E-state index contributed by atoms with van der Waals surface area (Å²) in [6, 6.07) is 12.8. The predicted molar refractivity (Wildman–Crippen MR) is 135 cm³/mol. The highest BCUT2D eigenvalue weighted by Gasteiger charge is 2.42. The van der Waals surface area contributed by atoms with Crippen molar-refractivity contribution in [1.82, 2.24) is 5.32 Å². The Kier molecular flexibility index (Phi) is 7.83. The van der Waals surface area contributed by atoms with Gasteiger partial charge in [-0.25, -0.2) is 0 Å². The van der Waals surface area contributed by atoms with Gasteiger partial charge in [0, 0.05) is 18.2 Å². The van der Waals surface area contributed by atoms with E-state index in [0.717, 1.165) is 36.9 Å². The molecule has 2 aromatic carbocycles. The highest BCUT2D eigenvalue weighted by molar-refractivity contribution is 5.97. The first-order valence-electron chi connectivity index (χ1n) is 12.4. The third-order valence-electron chi connectivity index (χ3n) is 7.40. The van der Waals surface area contributed by atoms with Crippen LogP contribution < -0.4 is 24.4 Å². The number of nitrogens with one attached hydrogen (secondary N) is 1. The fraction of sp³-hybridized carbons (Fsp3) is 0.500. The topological polar surface area (TPSA) is 77.1 Å². The van der Waals surface area contributed by atoms with Crippen LogP contribution in [0, 0.1) is 11.8 Å². The van der Waals surface area contributed by atoms with Gasteiger partial charge in [-0.2, -0.15) is 0 Å². The van der Waals surface area contributed by atoms with Crippen LogP contribution in [0.2, 0.25) is 0 Å². The molecule has 1 saturated carbocycles. The van der Waals surface area contributed by atoms with Gasteiger partial charge in [0.1, 0.15) is 5.75 Å². The zero-order chi connectivity index (χ0) is 24.9. The predicted octanol–water partition coefficient (Wildman–Crippen LogP) is 4.89. The lowest BCUT2D eigenvalue weighted by Gasteiger charge is -2.41. The maximum Gasteiger partial charge on any atom is 0.227 e. The zero-order valence-corrected chi connectivity index (χ0v) is 21.1. The molecule has 0 bridgehead atoms. The molecule has 1 N–H and O–H groups in total. The van der Waals surface area contributed by atoms with Gasteiger partial charge in [-0.3, -0.25) is 9.59 Å². The van der Waals surface area contributed by atoms with Gasteiger partial charge in [-0.15, -0.1) is 0 Å². The number of carbonyl (C=O) groups is 2. The maximum absolute atomic E-state index is 13.7. The van der Waals surface area contributed by atoms with Crippen LogP contribution in [0.25, 0.3) is 0 Å². The molecular weight excluding hydrogens is 444 g/mol. The van der Waals surface area contributed by atoms with Crippen LogP contribution >= 0.6 is 0 Å². The van der Waals surface area contributed by atoms with E-state index in [1.807, 2.05) is 42.5 Å². The number of carbonyl (C=O) groups excluding carboxylic acids is 2. The summed E-state index contributed by atoms with van der Waals surface area (Å²) in [7, 11) is 4.79. The number of amides is 2. The molecular formula is C28H36N2O5. The molecule has 0 unspecified atom stereocenters. The largest absolute Gasteiger partial charge is 0.497 e. The second kappa shape index (κ2) is 11.0. The second-order valence-electron chi connectivity index (χ2n) is 9.63. The highest BCUT2D eigenvalue weighted by Crippen LogP contribution is 2.43. The first kappa shape index (κ1) is 24.9. The van der Waals surface area contributed by atoms with E-state index in [9.17, 15) is 9.59 Å². The van der Waals surface area contributed by atoms with Gasteiger partial charge in [0.15, 0.2) is 11.5 Å². The van der Waals surface area contributed by atoms with Crippen LogP contribution in [0.15, 0.2) is 42.5 Å². The number of hydrogen-bond acceptors (Lipinski definition) is 5. The number of benzene rings is 2. The molecule has 0 aromatic heterocycles. The molecule has 1 aliphatic carbocycles. The summed E-state index contributed by atoms with van der Waals surface area (Å²) in [6.07, 6.45) is 5.08. The van der Waals surface area contributed by atoms with Gasteiger partial charge in [0.05, 0.1) is 33.3 Å². The number of nitrogens with zero attached hydrogens (tertiary/aromatic N) is 1. The number of rotatable bonds is 7. The first-order chi connectivity index (χ1) is 16.9. The molecule has 7 nitrogen and oxygen atoms in total. The van der Waals surface area contributed by atoms with E-state index in [2.05, 4.69) is 12.2 Å². The summed E-state index contributed by atoms with van der Waals surface area (Å²) in [6.45, 7) is 2.27. The van der Waals surface area contributed by atoms with E-state index in [4.69, 9.17) is 14.2 Å². The molecule has 1 heterocycles. The van der Waals surface area contributed by atoms with Crippen molar-refractivity contribution in [1.29, 1.82) is 0 Å². The Balaban J connectivity index is 1.71. The first-order valence-corrected chi connectivity index (χ1v) is 12.4. The minimum Gasteiger partial charge on any atom is -0.497 e. The molecule has 2 amide bonds. The Labute approximate surface area is 207 Å². The van der Waals surface area contributed by atoms with Crippen molar-refractivity contribution >= 4 is 17.5 Å². The van der Waals surface area contributed by atoms with E-state index in [1.165, 1.54) is 0 Å². The van der Waals surface area contributed by atoms with Crippen LogP contribution in [-0.4, -0.2) is 39.2 Å². The number of anilines is 1. The molecule has 1 saturated heterocycles. The van der Waals surface area contributed by atoms with E-state index in [0.29, 0.717) is 36.0 Å². The monoisotopic (exact) mass is 480 g/mol. The summed E-state index contributed by atoms with van der Waals surface area (Å²) in [5.74, 6) is 2.21. The Hall–Kier alpha value is -3.22. The van der Waals surface area contributed by atoms with Gasteiger partial charge < -0.3 is 24.4 Å². The summed E-state index contributed by atoms with van der Waals surface area (Å²) in [4.78, 5) is 28.7. The van der Waals surface area contributed by atoms with E-state index in [1.54, 1.807) is 26.2 Å². The van der Waals surface area contributed by atoms with Crippen molar-refractivity contribution in [2.24, 2.45) is 11.8 Å². The fourth-order valence-corrected chi connectivity index (χ4v) is 5.35. The van der Waals surface area contributed by atoms with Gasteiger partial charge in [0.2, 0.25) is 11.8 Å². The average Bonchev–Trinajstić information content (AvgIpc) is 2.89. The fourth-order valence-electron chi connectivity index (χ4n) is 5.35. The number of hydrogen-bond donors (Lipinski definition) is 1. The molecule has 0 spiro atoms. The van der Waals surface area contributed by atoms with Crippen LogP contribution in [0.5, 0.6) is 17.2 Å². The molecule has 2 atom stereocenters. The van der Waals surface area contributed by atoms with Gasteiger partial charge in [0.25, 0.3) is 0 Å². The molecule has 2 aliphatic rings. The van der Waals surface area contributed by atoms with Gasteiger partial charge in [-0.1, -0.05) is 13.0 Å². The summed E-state index contributed by atoms with van der Waals surface area (Å²) >= 11 is 0. The van der Waals surface area contributed by atoms with Crippen LogP contribution in [0.3, 0.4) is 0 Å². The number of methoxy groups -OCH3 is 3. The number of ether oxygens (including phenoxy) is 3. The van der Waals surface area contributed by atoms with Crippen LogP contribution in [0.4, 0.5) is 5.69 Å². The number of piperidine rings is 1. The zero-order valence-electron chi connectivity index (χ0n) is 21.1. The summed E-state index contributed by atoms with van der Waals surface area (Å²) < 4.78 is 16.3. The second-order valence-corrected chi connectivity index (χ2v) is 9.63. The minimum absolute atomic E-state index is 0.00880. The van der Waals surface area contributed by atoms with Crippen LogP contribution in [0.1, 0.15) is 57.1 Å².